The molecule has 0 aliphatic rings. The summed E-state index contributed by atoms with van der Waals surface area (Å²) < 4.78 is 18.8. The van der Waals surface area contributed by atoms with Crippen molar-refractivity contribution in [1.82, 2.24) is 10.2 Å². The van der Waals surface area contributed by atoms with Gasteiger partial charge in [-0.2, -0.15) is 0 Å². The Labute approximate surface area is 128 Å². The number of likely N-dealkylation sites (N-methyl/N-ethyl adjacent to an activating group) is 1. The van der Waals surface area contributed by atoms with E-state index in [1.165, 1.54) is 7.11 Å². The van der Waals surface area contributed by atoms with E-state index < -0.39 is 0 Å². The van der Waals surface area contributed by atoms with E-state index in [4.69, 9.17) is 4.74 Å². The van der Waals surface area contributed by atoms with Crippen LogP contribution in [-0.4, -0.2) is 38.7 Å². The van der Waals surface area contributed by atoms with Gasteiger partial charge in [-0.25, -0.2) is 4.39 Å². The lowest BCUT2D eigenvalue weighted by Crippen LogP contribution is -2.40. The highest BCUT2D eigenvalue weighted by atomic mass is 19.1. The average molecular weight is 296 g/mol. The molecular weight excluding hydrogens is 267 g/mol. The van der Waals surface area contributed by atoms with E-state index in [-0.39, 0.29) is 17.6 Å². The van der Waals surface area contributed by atoms with Gasteiger partial charge in [0.05, 0.1) is 7.11 Å². The molecule has 0 saturated heterocycles. The molecular formula is C17H29FN2O. The molecule has 3 nitrogen and oxygen atoms in total. The molecule has 2 unspecified atom stereocenters. The zero-order valence-electron chi connectivity index (χ0n) is 14.1. The van der Waals surface area contributed by atoms with Gasteiger partial charge in [-0.1, -0.05) is 19.9 Å². The summed E-state index contributed by atoms with van der Waals surface area (Å²) in [5, 5.41) is 3.61. The van der Waals surface area contributed by atoms with Crippen LogP contribution >= 0.6 is 0 Å². The minimum Gasteiger partial charge on any atom is -0.494 e. The third-order valence-corrected chi connectivity index (χ3v) is 3.50. The highest BCUT2D eigenvalue weighted by Gasteiger charge is 2.16. The zero-order valence-corrected chi connectivity index (χ0v) is 14.1. The summed E-state index contributed by atoms with van der Waals surface area (Å²) in [6.45, 7) is 7.50. The van der Waals surface area contributed by atoms with Crippen LogP contribution < -0.4 is 10.1 Å². The van der Waals surface area contributed by atoms with Crippen LogP contribution in [0.4, 0.5) is 4.39 Å². The molecule has 1 N–H and O–H groups in total. The van der Waals surface area contributed by atoms with Crippen molar-refractivity contribution in [1.29, 1.82) is 0 Å². The first-order valence-electron chi connectivity index (χ1n) is 7.57. The van der Waals surface area contributed by atoms with Gasteiger partial charge in [0.1, 0.15) is 0 Å². The van der Waals surface area contributed by atoms with Crippen LogP contribution in [0.5, 0.6) is 5.75 Å². The van der Waals surface area contributed by atoms with E-state index in [1.807, 2.05) is 6.07 Å². The largest absolute Gasteiger partial charge is 0.494 e. The van der Waals surface area contributed by atoms with Crippen molar-refractivity contribution in [2.75, 3.05) is 27.7 Å². The molecule has 1 aromatic rings. The first-order chi connectivity index (χ1) is 9.83. The molecule has 0 fully saturated rings. The van der Waals surface area contributed by atoms with Crippen LogP contribution in [0.3, 0.4) is 0 Å². The number of hydrogen-bond donors (Lipinski definition) is 1. The molecule has 21 heavy (non-hydrogen) atoms. The van der Waals surface area contributed by atoms with Crippen LogP contribution in [0.25, 0.3) is 0 Å². The van der Waals surface area contributed by atoms with Gasteiger partial charge in [0.15, 0.2) is 11.6 Å². The predicted octanol–water partition coefficient (Wildman–Crippen LogP) is 3.46. The Hall–Kier alpha value is -1.13. The number of nitrogens with zero attached hydrogens (tertiary/aromatic N) is 1. The first-order valence-corrected chi connectivity index (χ1v) is 7.57. The standard InChI is InChI=1S/C17H29FN2O/c1-12(2)9-15(11-20(4)5)19-13(3)14-7-8-17(21-6)16(18)10-14/h7-8,10,12-13,15,19H,9,11H2,1-6H3. The van der Waals surface area contributed by atoms with Crippen LogP contribution in [0.15, 0.2) is 18.2 Å². The van der Waals surface area contributed by atoms with Crippen molar-refractivity contribution < 1.29 is 9.13 Å². The Bertz CT molecular complexity index is 425. The highest BCUT2D eigenvalue weighted by Crippen LogP contribution is 2.22. The van der Waals surface area contributed by atoms with Crippen LogP contribution in [0.2, 0.25) is 0 Å². The fourth-order valence-corrected chi connectivity index (χ4v) is 2.61. The summed E-state index contributed by atoms with van der Waals surface area (Å²) in [5.41, 5.74) is 0.945. The third-order valence-electron chi connectivity index (χ3n) is 3.50. The summed E-state index contributed by atoms with van der Waals surface area (Å²) in [7, 11) is 5.63. The lowest BCUT2D eigenvalue weighted by molar-refractivity contribution is 0.290. The Morgan fingerprint density at radius 1 is 1.24 bits per heavy atom. The van der Waals surface area contributed by atoms with Crippen molar-refractivity contribution >= 4 is 0 Å². The molecule has 4 heteroatoms. The Kier molecular flexibility index (Phi) is 7.12. The van der Waals surface area contributed by atoms with Gasteiger partial charge in [-0.15, -0.1) is 0 Å². The second-order valence-electron chi connectivity index (χ2n) is 6.37. The van der Waals surface area contributed by atoms with Gasteiger partial charge >= 0.3 is 0 Å². The van der Waals surface area contributed by atoms with Crippen LogP contribution in [-0.2, 0) is 0 Å². The molecule has 0 aromatic heterocycles. The molecule has 0 amide bonds. The lowest BCUT2D eigenvalue weighted by Gasteiger charge is -2.27. The van der Waals surface area contributed by atoms with Crippen LogP contribution in [0, 0.1) is 11.7 Å². The quantitative estimate of drug-likeness (QED) is 0.795. The Morgan fingerprint density at radius 2 is 1.90 bits per heavy atom. The maximum Gasteiger partial charge on any atom is 0.165 e. The number of benzene rings is 1. The molecule has 1 aromatic carbocycles. The van der Waals surface area contributed by atoms with Crippen LogP contribution in [0.1, 0.15) is 38.8 Å². The van der Waals surface area contributed by atoms with Gasteiger partial charge in [0, 0.05) is 18.6 Å². The second kappa shape index (κ2) is 8.35. The summed E-state index contributed by atoms with van der Waals surface area (Å²) in [6, 6.07) is 5.65. The Morgan fingerprint density at radius 3 is 2.38 bits per heavy atom. The molecule has 0 heterocycles. The molecule has 0 aliphatic heterocycles. The number of ether oxygens (including phenoxy) is 1. The second-order valence-corrected chi connectivity index (χ2v) is 6.37. The molecule has 1 rings (SSSR count). The predicted molar refractivity (Wildman–Crippen MR) is 86.3 cm³/mol. The molecule has 0 spiro atoms. The third kappa shape index (κ3) is 6.02. The molecule has 0 aliphatic carbocycles. The highest BCUT2D eigenvalue weighted by molar-refractivity contribution is 5.30. The molecule has 0 saturated carbocycles. The van der Waals surface area contributed by atoms with Crippen molar-refractivity contribution in [2.24, 2.45) is 5.92 Å². The smallest absolute Gasteiger partial charge is 0.165 e. The molecule has 0 radical (unpaired) electrons. The number of hydrogen-bond acceptors (Lipinski definition) is 3. The van der Waals surface area contributed by atoms with Gasteiger partial charge in [0.2, 0.25) is 0 Å². The van der Waals surface area contributed by atoms with Crippen molar-refractivity contribution in [3.63, 3.8) is 0 Å². The van der Waals surface area contributed by atoms with E-state index in [1.54, 1.807) is 12.1 Å². The fourth-order valence-electron chi connectivity index (χ4n) is 2.61. The zero-order chi connectivity index (χ0) is 16.0. The van der Waals surface area contributed by atoms with Crippen molar-refractivity contribution in [2.45, 2.75) is 39.3 Å². The van der Waals surface area contributed by atoms with E-state index >= 15 is 0 Å². The SMILES string of the molecule is COc1ccc(C(C)NC(CC(C)C)CN(C)C)cc1F. The average Bonchev–Trinajstić information content (AvgIpc) is 2.36. The molecule has 0 bridgehead atoms. The summed E-state index contributed by atoms with van der Waals surface area (Å²) in [6.07, 6.45) is 1.10. The minimum absolute atomic E-state index is 0.106. The first kappa shape index (κ1) is 17.9. The molecule has 120 valence electrons. The van der Waals surface area contributed by atoms with E-state index in [2.05, 4.69) is 45.1 Å². The summed E-state index contributed by atoms with van der Waals surface area (Å²) in [5.74, 6) is 0.608. The number of halogens is 1. The number of methoxy groups -OCH3 is 1. The lowest BCUT2D eigenvalue weighted by atomic mass is 10.0. The van der Waals surface area contributed by atoms with Gasteiger partial charge in [-0.05, 0) is 51.1 Å². The van der Waals surface area contributed by atoms with E-state index in [0.29, 0.717) is 12.0 Å². The van der Waals surface area contributed by atoms with Gasteiger partial charge < -0.3 is 15.0 Å². The van der Waals surface area contributed by atoms with E-state index in [9.17, 15) is 4.39 Å². The number of nitrogens with one attached hydrogen (secondary N) is 1. The van der Waals surface area contributed by atoms with Crippen molar-refractivity contribution in [3.8, 4) is 5.75 Å². The Balaban J connectivity index is 2.75. The maximum atomic E-state index is 13.8. The monoisotopic (exact) mass is 296 g/mol. The molecule has 2 atom stereocenters. The maximum absolute atomic E-state index is 13.8. The summed E-state index contributed by atoms with van der Waals surface area (Å²) in [4.78, 5) is 2.18. The van der Waals surface area contributed by atoms with Gasteiger partial charge in [0.25, 0.3) is 0 Å². The summed E-state index contributed by atoms with van der Waals surface area (Å²) >= 11 is 0. The van der Waals surface area contributed by atoms with Gasteiger partial charge in [-0.3, -0.25) is 0 Å². The van der Waals surface area contributed by atoms with E-state index in [0.717, 1.165) is 18.5 Å². The fraction of sp³-hybridized carbons (Fsp3) is 0.647. The normalized spacial score (nSPS) is 14.5. The topological polar surface area (TPSA) is 24.5 Å². The number of rotatable bonds is 8. The minimum atomic E-state index is -0.309. The van der Waals surface area contributed by atoms with Crippen molar-refractivity contribution in [3.05, 3.63) is 29.6 Å².